The average Bonchev–Trinajstić information content (AvgIpc) is 2.93. The van der Waals surface area contributed by atoms with Gasteiger partial charge in [0.25, 0.3) is 0 Å². The number of likely N-dealkylation sites (N-methyl/N-ethyl adjacent to an activating group) is 1. The fourth-order valence-electron chi connectivity index (χ4n) is 2.92. The van der Waals surface area contributed by atoms with E-state index in [9.17, 15) is 5.11 Å². The summed E-state index contributed by atoms with van der Waals surface area (Å²) in [4.78, 5) is 13.0. The van der Waals surface area contributed by atoms with Gasteiger partial charge in [-0.25, -0.2) is 9.97 Å². The van der Waals surface area contributed by atoms with Crippen LogP contribution in [-0.4, -0.2) is 69.1 Å². The number of β-amino-alcohol motifs (C(OH)–C–C–N with tert-alkyl or cyclic N) is 1. The molecule has 0 radical (unpaired) electrons. The van der Waals surface area contributed by atoms with Crippen LogP contribution in [0.3, 0.4) is 0 Å². The highest BCUT2D eigenvalue weighted by Gasteiger charge is 2.33. The van der Waals surface area contributed by atoms with Crippen molar-refractivity contribution in [3.05, 3.63) is 12.5 Å². The molecule has 3 rings (SSSR count). The van der Waals surface area contributed by atoms with Crippen LogP contribution in [0.1, 0.15) is 6.42 Å². The number of aryl methyl sites for hydroxylation is 1. The minimum atomic E-state index is -0.304. The lowest BCUT2D eigenvalue weighted by molar-refractivity contribution is 0.191. The van der Waals surface area contributed by atoms with Crippen molar-refractivity contribution in [2.75, 3.05) is 32.1 Å². The van der Waals surface area contributed by atoms with Gasteiger partial charge in [-0.1, -0.05) is 0 Å². The molecular weight excluding hydrogens is 256 g/mol. The standard InChI is InChI=1S/C13H20N6O/c1-17(2)6-9-4-10(20)7-19(9)13-11-5-16-18(3)12(11)14-8-15-13/h5,8-10,20H,4,6-7H2,1-3H3. The quantitative estimate of drug-likeness (QED) is 0.842. The van der Waals surface area contributed by atoms with Crippen LogP contribution in [0.25, 0.3) is 11.0 Å². The zero-order chi connectivity index (χ0) is 14.3. The topological polar surface area (TPSA) is 70.3 Å². The molecule has 20 heavy (non-hydrogen) atoms. The van der Waals surface area contributed by atoms with E-state index >= 15 is 0 Å². The van der Waals surface area contributed by atoms with Gasteiger partial charge in [-0.15, -0.1) is 0 Å². The Kier molecular flexibility index (Phi) is 3.31. The highest BCUT2D eigenvalue weighted by atomic mass is 16.3. The molecule has 7 heteroatoms. The van der Waals surface area contributed by atoms with E-state index in [0.717, 1.165) is 29.8 Å². The summed E-state index contributed by atoms with van der Waals surface area (Å²) in [6.07, 6.45) is 3.82. The normalized spacial score (nSPS) is 23.1. The predicted octanol–water partition coefficient (Wildman–Crippen LogP) is -0.135. The lowest BCUT2D eigenvalue weighted by Gasteiger charge is -2.27. The van der Waals surface area contributed by atoms with Crippen LogP contribution in [0.2, 0.25) is 0 Å². The Morgan fingerprint density at radius 3 is 2.95 bits per heavy atom. The molecule has 108 valence electrons. The van der Waals surface area contributed by atoms with Gasteiger partial charge in [0.05, 0.1) is 17.7 Å². The smallest absolute Gasteiger partial charge is 0.163 e. The Bertz CT molecular complexity index is 610. The van der Waals surface area contributed by atoms with Gasteiger partial charge in [0.1, 0.15) is 12.1 Å². The Balaban J connectivity index is 2.00. The SMILES string of the molecule is CN(C)CC1CC(O)CN1c1ncnc2c1cnn2C. The van der Waals surface area contributed by atoms with Crippen LogP contribution in [-0.2, 0) is 7.05 Å². The molecule has 2 aromatic heterocycles. The molecule has 1 aliphatic heterocycles. The molecule has 2 atom stereocenters. The van der Waals surface area contributed by atoms with E-state index in [1.165, 1.54) is 0 Å². The van der Waals surface area contributed by atoms with Crippen LogP contribution < -0.4 is 4.90 Å². The van der Waals surface area contributed by atoms with Crippen molar-refractivity contribution in [1.82, 2.24) is 24.6 Å². The van der Waals surface area contributed by atoms with Crippen LogP contribution in [0.4, 0.5) is 5.82 Å². The van der Waals surface area contributed by atoms with Crippen LogP contribution in [0.5, 0.6) is 0 Å². The largest absolute Gasteiger partial charge is 0.391 e. The van der Waals surface area contributed by atoms with E-state index in [-0.39, 0.29) is 12.1 Å². The fourth-order valence-corrected chi connectivity index (χ4v) is 2.92. The number of aliphatic hydroxyl groups excluding tert-OH is 1. The Morgan fingerprint density at radius 1 is 1.40 bits per heavy atom. The van der Waals surface area contributed by atoms with Crippen molar-refractivity contribution >= 4 is 16.9 Å². The summed E-state index contributed by atoms with van der Waals surface area (Å²) in [7, 11) is 5.96. The lowest BCUT2D eigenvalue weighted by atomic mass is 10.2. The molecular formula is C13H20N6O. The third kappa shape index (κ3) is 2.23. The maximum absolute atomic E-state index is 10.00. The second kappa shape index (κ2) is 4.99. The minimum absolute atomic E-state index is 0.262. The molecule has 3 heterocycles. The number of aliphatic hydroxyl groups is 1. The molecule has 2 aromatic rings. The number of hydrogen-bond donors (Lipinski definition) is 1. The van der Waals surface area contributed by atoms with Crippen molar-refractivity contribution in [3.63, 3.8) is 0 Å². The molecule has 0 aliphatic carbocycles. The molecule has 1 N–H and O–H groups in total. The highest BCUT2D eigenvalue weighted by Crippen LogP contribution is 2.29. The highest BCUT2D eigenvalue weighted by molar-refractivity contribution is 5.86. The fraction of sp³-hybridized carbons (Fsp3) is 0.615. The molecule has 0 saturated carbocycles. The minimum Gasteiger partial charge on any atom is -0.391 e. The third-order valence-corrected chi connectivity index (χ3v) is 3.75. The van der Waals surface area contributed by atoms with Gasteiger partial charge < -0.3 is 14.9 Å². The van der Waals surface area contributed by atoms with Crippen LogP contribution in [0.15, 0.2) is 12.5 Å². The van der Waals surface area contributed by atoms with E-state index < -0.39 is 0 Å². The van der Waals surface area contributed by atoms with Gasteiger partial charge in [0, 0.05) is 26.2 Å². The molecule has 0 amide bonds. The third-order valence-electron chi connectivity index (χ3n) is 3.75. The average molecular weight is 276 g/mol. The predicted molar refractivity (Wildman–Crippen MR) is 76.6 cm³/mol. The van der Waals surface area contributed by atoms with E-state index in [4.69, 9.17) is 0 Å². The number of hydrogen-bond acceptors (Lipinski definition) is 6. The van der Waals surface area contributed by atoms with Gasteiger partial charge >= 0.3 is 0 Å². The van der Waals surface area contributed by atoms with Crippen molar-refractivity contribution in [1.29, 1.82) is 0 Å². The van der Waals surface area contributed by atoms with Crippen molar-refractivity contribution in [2.24, 2.45) is 7.05 Å². The molecule has 1 aliphatic rings. The van der Waals surface area contributed by atoms with Crippen molar-refractivity contribution in [2.45, 2.75) is 18.6 Å². The number of aromatic nitrogens is 4. The zero-order valence-corrected chi connectivity index (χ0v) is 12.1. The van der Waals surface area contributed by atoms with Gasteiger partial charge in [-0.05, 0) is 20.5 Å². The summed E-state index contributed by atoms with van der Waals surface area (Å²) >= 11 is 0. The second-order valence-corrected chi connectivity index (χ2v) is 5.66. The summed E-state index contributed by atoms with van der Waals surface area (Å²) in [5.74, 6) is 0.867. The lowest BCUT2D eigenvalue weighted by Crippen LogP contribution is -2.38. The number of nitrogens with zero attached hydrogens (tertiary/aromatic N) is 6. The van der Waals surface area contributed by atoms with E-state index in [1.54, 1.807) is 17.2 Å². The summed E-state index contributed by atoms with van der Waals surface area (Å²) in [6.45, 7) is 1.50. The monoisotopic (exact) mass is 276 g/mol. The Morgan fingerprint density at radius 2 is 2.20 bits per heavy atom. The van der Waals surface area contributed by atoms with Crippen molar-refractivity contribution < 1.29 is 5.11 Å². The maximum atomic E-state index is 10.00. The molecule has 0 bridgehead atoms. The van der Waals surface area contributed by atoms with E-state index in [0.29, 0.717) is 6.54 Å². The second-order valence-electron chi connectivity index (χ2n) is 5.66. The van der Waals surface area contributed by atoms with Crippen molar-refractivity contribution in [3.8, 4) is 0 Å². The first-order valence-electron chi connectivity index (χ1n) is 6.78. The van der Waals surface area contributed by atoms with Gasteiger partial charge in [-0.3, -0.25) is 4.68 Å². The molecule has 2 unspecified atom stereocenters. The first kappa shape index (κ1) is 13.3. The van der Waals surface area contributed by atoms with Gasteiger partial charge in [0.2, 0.25) is 0 Å². The summed E-state index contributed by atoms with van der Waals surface area (Å²) in [6, 6.07) is 0.262. The number of anilines is 1. The number of fused-ring (bicyclic) bond motifs is 1. The maximum Gasteiger partial charge on any atom is 0.163 e. The molecule has 1 fully saturated rings. The van der Waals surface area contributed by atoms with E-state index in [2.05, 4.69) is 24.9 Å². The summed E-state index contributed by atoms with van der Waals surface area (Å²) in [5.41, 5.74) is 0.819. The van der Waals surface area contributed by atoms with Gasteiger partial charge in [0.15, 0.2) is 5.65 Å². The molecule has 1 saturated heterocycles. The first-order valence-corrected chi connectivity index (χ1v) is 6.78. The van der Waals surface area contributed by atoms with Crippen LogP contribution in [0, 0.1) is 0 Å². The molecule has 7 nitrogen and oxygen atoms in total. The van der Waals surface area contributed by atoms with Crippen LogP contribution >= 0.6 is 0 Å². The summed E-state index contributed by atoms with van der Waals surface area (Å²) < 4.78 is 1.74. The zero-order valence-electron chi connectivity index (χ0n) is 12.1. The van der Waals surface area contributed by atoms with Gasteiger partial charge in [-0.2, -0.15) is 5.10 Å². The van der Waals surface area contributed by atoms with E-state index in [1.807, 2.05) is 21.1 Å². The summed E-state index contributed by atoms with van der Waals surface area (Å²) in [5, 5.41) is 15.2. The molecule has 0 aromatic carbocycles. The molecule has 0 spiro atoms. The first-order chi connectivity index (χ1) is 9.56. The number of rotatable bonds is 3. The Labute approximate surface area is 117 Å². The Hall–Kier alpha value is -1.73.